The van der Waals surface area contributed by atoms with Crippen molar-refractivity contribution in [2.75, 3.05) is 19.7 Å². The number of carbonyl (C=O) groups excluding carboxylic acids is 1. The van der Waals surface area contributed by atoms with Crippen LogP contribution in [0.15, 0.2) is 11.6 Å². The Labute approximate surface area is 108 Å². The zero-order valence-electron chi connectivity index (χ0n) is 11.0. The second-order valence-corrected chi connectivity index (χ2v) is 6.04. The van der Waals surface area contributed by atoms with Crippen LogP contribution < -0.4 is 4.72 Å². The van der Waals surface area contributed by atoms with Gasteiger partial charge in [-0.1, -0.05) is 25.5 Å². The highest BCUT2D eigenvalue weighted by Crippen LogP contribution is 2.19. The summed E-state index contributed by atoms with van der Waals surface area (Å²) in [7, 11) is -3.79. The number of amides is 1. The first-order valence-electron chi connectivity index (χ1n) is 6.00. The molecular formula is C11H20N2O4S. The van der Waals surface area contributed by atoms with E-state index >= 15 is 0 Å². The van der Waals surface area contributed by atoms with Crippen LogP contribution in [0, 0.1) is 5.92 Å². The first-order chi connectivity index (χ1) is 8.36. The molecule has 0 radical (unpaired) electrons. The number of hydrogen-bond acceptors (Lipinski definition) is 4. The fraction of sp³-hybridized carbons (Fsp3) is 0.727. The van der Waals surface area contributed by atoms with Crippen LogP contribution in [0.25, 0.3) is 0 Å². The van der Waals surface area contributed by atoms with E-state index in [1.54, 1.807) is 6.92 Å². The van der Waals surface area contributed by atoms with Crippen LogP contribution >= 0.6 is 0 Å². The van der Waals surface area contributed by atoms with Gasteiger partial charge in [0.2, 0.25) is 0 Å². The lowest BCUT2D eigenvalue weighted by atomic mass is 9.98. The average molecular weight is 276 g/mol. The summed E-state index contributed by atoms with van der Waals surface area (Å²) in [6.07, 6.45) is 1.66. The minimum atomic E-state index is -3.79. The predicted molar refractivity (Wildman–Crippen MR) is 68.2 cm³/mol. The van der Waals surface area contributed by atoms with E-state index in [-0.39, 0.29) is 6.61 Å². The quantitative estimate of drug-likeness (QED) is 0.784. The Morgan fingerprint density at radius 3 is 2.67 bits per heavy atom. The Morgan fingerprint density at radius 2 is 2.22 bits per heavy atom. The molecule has 0 saturated carbocycles. The Bertz CT molecular complexity index is 428. The smallest absolute Gasteiger partial charge is 0.421 e. The second kappa shape index (κ2) is 6.19. The summed E-state index contributed by atoms with van der Waals surface area (Å²) in [4.78, 5) is 11.1. The highest BCUT2D eigenvalue weighted by molar-refractivity contribution is 7.87. The summed E-state index contributed by atoms with van der Waals surface area (Å²) in [6, 6.07) is 0. The molecule has 104 valence electrons. The van der Waals surface area contributed by atoms with E-state index in [1.807, 2.05) is 10.8 Å². The molecular weight excluding hydrogens is 256 g/mol. The number of rotatable bonds is 4. The molecule has 7 heteroatoms. The first-order valence-corrected chi connectivity index (χ1v) is 7.44. The summed E-state index contributed by atoms with van der Waals surface area (Å²) < 4.78 is 31.3. The largest absolute Gasteiger partial charge is 0.449 e. The van der Waals surface area contributed by atoms with Crippen LogP contribution in [0.2, 0.25) is 0 Å². The Morgan fingerprint density at radius 1 is 1.56 bits per heavy atom. The number of nitrogens with one attached hydrogen (secondary N) is 1. The standard InChI is InChI=1S/C11H20N2O4S/c1-4-17-11(14)12-18(15,16)13-7-5-10(6-8-13)9(2)3/h5,9H,4,6-8H2,1-3H3,(H,12,14). The minimum Gasteiger partial charge on any atom is -0.449 e. The predicted octanol–water partition coefficient (Wildman–Crippen LogP) is 1.27. The average Bonchev–Trinajstić information content (AvgIpc) is 2.28. The van der Waals surface area contributed by atoms with Gasteiger partial charge in [0.15, 0.2) is 0 Å². The molecule has 6 nitrogen and oxygen atoms in total. The molecule has 1 rings (SSSR count). The van der Waals surface area contributed by atoms with Crippen molar-refractivity contribution in [3.05, 3.63) is 11.6 Å². The summed E-state index contributed by atoms with van der Waals surface area (Å²) >= 11 is 0. The third-order valence-corrected chi connectivity index (χ3v) is 4.21. The van der Waals surface area contributed by atoms with Crippen molar-refractivity contribution in [3.63, 3.8) is 0 Å². The highest BCUT2D eigenvalue weighted by atomic mass is 32.2. The molecule has 0 unspecified atom stereocenters. The van der Waals surface area contributed by atoms with Gasteiger partial charge in [-0.05, 0) is 19.3 Å². The zero-order chi connectivity index (χ0) is 13.8. The van der Waals surface area contributed by atoms with Crippen molar-refractivity contribution >= 4 is 16.3 Å². The maximum Gasteiger partial charge on any atom is 0.421 e. The lowest BCUT2D eigenvalue weighted by molar-refractivity contribution is 0.158. The third-order valence-electron chi connectivity index (χ3n) is 2.78. The topological polar surface area (TPSA) is 75.7 Å². The lowest BCUT2D eigenvalue weighted by Crippen LogP contribution is -2.45. The van der Waals surface area contributed by atoms with Crippen molar-refractivity contribution in [1.82, 2.24) is 9.03 Å². The van der Waals surface area contributed by atoms with Crippen molar-refractivity contribution in [2.45, 2.75) is 27.2 Å². The van der Waals surface area contributed by atoms with Crippen molar-refractivity contribution in [2.24, 2.45) is 5.92 Å². The molecule has 0 aromatic rings. The SMILES string of the molecule is CCOC(=O)NS(=O)(=O)N1CC=C(C(C)C)CC1. The maximum atomic E-state index is 11.8. The van der Waals surface area contributed by atoms with Crippen LogP contribution in [0.3, 0.4) is 0 Å². The molecule has 1 N–H and O–H groups in total. The Hall–Kier alpha value is -1.08. The van der Waals surface area contributed by atoms with Crippen molar-refractivity contribution in [1.29, 1.82) is 0 Å². The first kappa shape index (κ1) is 15.0. The molecule has 1 aliphatic rings. The van der Waals surface area contributed by atoms with E-state index < -0.39 is 16.3 Å². The Balaban J connectivity index is 2.64. The molecule has 0 aliphatic carbocycles. The van der Waals surface area contributed by atoms with E-state index in [4.69, 9.17) is 0 Å². The molecule has 1 heterocycles. The molecule has 1 aliphatic heterocycles. The molecule has 0 spiro atoms. The van der Waals surface area contributed by atoms with E-state index in [2.05, 4.69) is 18.6 Å². The number of ether oxygens (including phenoxy) is 1. The molecule has 0 aromatic heterocycles. The molecule has 0 atom stereocenters. The number of carbonyl (C=O) groups is 1. The van der Waals surface area contributed by atoms with Crippen LogP contribution in [0.4, 0.5) is 4.79 Å². The van der Waals surface area contributed by atoms with Crippen molar-refractivity contribution < 1.29 is 17.9 Å². The molecule has 0 fully saturated rings. The van der Waals surface area contributed by atoms with Gasteiger partial charge in [-0.2, -0.15) is 12.7 Å². The summed E-state index contributed by atoms with van der Waals surface area (Å²) in [5.74, 6) is 0.424. The third kappa shape index (κ3) is 3.99. The van der Waals surface area contributed by atoms with Crippen LogP contribution in [-0.4, -0.2) is 38.5 Å². The van der Waals surface area contributed by atoms with E-state index in [1.165, 1.54) is 9.88 Å². The van der Waals surface area contributed by atoms with E-state index in [9.17, 15) is 13.2 Å². The van der Waals surface area contributed by atoms with Gasteiger partial charge in [0, 0.05) is 13.1 Å². The van der Waals surface area contributed by atoms with Gasteiger partial charge in [-0.3, -0.25) is 0 Å². The van der Waals surface area contributed by atoms with Crippen LogP contribution in [0.1, 0.15) is 27.2 Å². The highest BCUT2D eigenvalue weighted by Gasteiger charge is 2.26. The molecule has 0 saturated heterocycles. The van der Waals surface area contributed by atoms with Gasteiger partial charge in [0.25, 0.3) is 0 Å². The summed E-state index contributed by atoms with van der Waals surface area (Å²) in [6.45, 7) is 6.59. The monoisotopic (exact) mass is 276 g/mol. The van der Waals surface area contributed by atoms with Gasteiger partial charge >= 0.3 is 16.3 Å². The molecule has 18 heavy (non-hydrogen) atoms. The second-order valence-electron chi connectivity index (χ2n) is 4.37. The van der Waals surface area contributed by atoms with Gasteiger partial charge in [0.1, 0.15) is 0 Å². The van der Waals surface area contributed by atoms with E-state index in [0.29, 0.717) is 25.4 Å². The van der Waals surface area contributed by atoms with Crippen molar-refractivity contribution in [3.8, 4) is 0 Å². The number of nitrogens with zero attached hydrogens (tertiary/aromatic N) is 1. The number of hydrogen-bond donors (Lipinski definition) is 1. The van der Waals surface area contributed by atoms with Crippen LogP contribution in [0.5, 0.6) is 0 Å². The zero-order valence-corrected chi connectivity index (χ0v) is 11.8. The maximum absolute atomic E-state index is 11.8. The van der Waals surface area contributed by atoms with Gasteiger partial charge in [-0.15, -0.1) is 0 Å². The lowest BCUT2D eigenvalue weighted by Gasteiger charge is -2.26. The van der Waals surface area contributed by atoms with Crippen LogP contribution in [-0.2, 0) is 14.9 Å². The Kier molecular flexibility index (Phi) is 5.15. The molecule has 0 bridgehead atoms. The fourth-order valence-corrected chi connectivity index (χ4v) is 2.74. The fourth-order valence-electron chi connectivity index (χ4n) is 1.74. The minimum absolute atomic E-state index is 0.138. The van der Waals surface area contributed by atoms with Gasteiger partial charge in [-0.25, -0.2) is 9.52 Å². The summed E-state index contributed by atoms with van der Waals surface area (Å²) in [5.41, 5.74) is 1.25. The van der Waals surface area contributed by atoms with E-state index in [0.717, 1.165) is 0 Å². The molecule has 1 amide bonds. The molecule has 0 aromatic carbocycles. The van der Waals surface area contributed by atoms with Gasteiger partial charge in [0.05, 0.1) is 6.61 Å². The van der Waals surface area contributed by atoms with Gasteiger partial charge < -0.3 is 4.74 Å². The normalized spacial score (nSPS) is 17.4. The summed E-state index contributed by atoms with van der Waals surface area (Å²) in [5, 5.41) is 0.